The molecular formula is C20H24N2O4. The van der Waals surface area contributed by atoms with E-state index in [4.69, 9.17) is 9.47 Å². The van der Waals surface area contributed by atoms with Gasteiger partial charge in [0.05, 0.1) is 19.9 Å². The third kappa shape index (κ3) is 4.33. The molecule has 0 saturated heterocycles. The van der Waals surface area contributed by atoms with E-state index in [9.17, 15) is 9.59 Å². The highest BCUT2D eigenvalue weighted by molar-refractivity contribution is 6.44. The van der Waals surface area contributed by atoms with Gasteiger partial charge in [0.2, 0.25) is 0 Å². The summed E-state index contributed by atoms with van der Waals surface area (Å²) in [5.74, 6) is -0.296. The fourth-order valence-corrected chi connectivity index (χ4v) is 2.59. The molecule has 0 aromatic heterocycles. The van der Waals surface area contributed by atoms with Gasteiger partial charge in [0.25, 0.3) is 0 Å². The number of para-hydroxylation sites is 1. The number of rotatable bonds is 5. The summed E-state index contributed by atoms with van der Waals surface area (Å²) >= 11 is 0. The molecule has 0 aliphatic carbocycles. The summed E-state index contributed by atoms with van der Waals surface area (Å²) < 4.78 is 10.3. The van der Waals surface area contributed by atoms with Crippen LogP contribution in [-0.2, 0) is 9.59 Å². The molecule has 0 bridgehead atoms. The molecule has 6 nitrogen and oxygen atoms in total. The molecule has 0 aliphatic rings. The van der Waals surface area contributed by atoms with Crippen LogP contribution in [0.5, 0.6) is 11.5 Å². The van der Waals surface area contributed by atoms with Crippen LogP contribution in [0.4, 0.5) is 11.4 Å². The number of nitrogens with one attached hydrogen (secondary N) is 2. The van der Waals surface area contributed by atoms with Gasteiger partial charge >= 0.3 is 11.8 Å². The molecule has 2 amide bonds. The summed E-state index contributed by atoms with van der Waals surface area (Å²) in [4.78, 5) is 24.7. The lowest BCUT2D eigenvalue weighted by atomic mass is 9.98. The lowest BCUT2D eigenvalue weighted by Crippen LogP contribution is -2.30. The van der Waals surface area contributed by atoms with E-state index in [-0.39, 0.29) is 5.92 Å². The third-order valence-corrected chi connectivity index (χ3v) is 4.03. The molecule has 2 N–H and O–H groups in total. The maximum Gasteiger partial charge on any atom is 0.314 e. The zero-order valence-corrected chi connectivity index (χ0v) is 15.7. The van der Waals surface area contributed by atoms with E-state index in [0.717, 1.165) is 11.1 Å². The van der Waals surface area contributed by atoms with E-state index in [1.165, 1.54) is 14.2 Å². The average Bonchev–Trinajstić information content (AvgIpc) is 2.63. The Morgan fingerprint density at radius 2 is 1.65 bits per heavy atom. The van der Waals surface area contributed by atoms with Crippen LogP contribution in [0, 0.1) is 6.92 Å². The van der Waals surface area contributed by atoms with E-state index in [1.807, 2.05) is 39.0 Å². The molecular weight excluding hydrogens is 332 g/mol. The number of methoxy groups -OCH3 is 2. The van der Waals surface area contributed by atoms with Crippen molar-refractivity contribution in [2.24, 2.45) is 0 Å². The molecule has 0 unspecified atom stereocenters. The monoisotopic (exact) mass is 356 g/mol. The molecule has 0 radical (unpaired) electrons. The normalized spacial score (nSPS) is 10.4. The number of ether oxygens (including phenoxy) is 2. The van der Waals surface area contributed by atoms with E-state index >= 15 is 0 Å². The molecule has 0 atom stereocenters. The second-order valence-corrected chi connectivity index (χ2v) is 6.17. The lowest BCUT2D eigenvalue weighted by Gasteiger charge is -2.16. The lowest BCUT2D eigenvalue weighted by molar-refractivity contribution is -0.133. The number of amides is 2. The Hall–Kier alpha value is -3.02. The minimum absolute atomic E-state index is 0.218. The van der Waals surface area contributed by atoms with E-state index in [2.05, 4.69) is 10.6 Å². The predicted octanol–water partition coefficient (Wildman–Crippen LogP) is 3.71. The van der Waals surface area contributed by atoms with Crippen molar-refractivity contribution in [3.8, 4) is 11.5 Å². The van der Waals surface area contributed by atoms with Crippen LogP contribution in [0.1, 0.15) is 30.9 Å². The van der Waals surface area contributed by atoms with E-state index in [1.54, 1.807) is 18.2 Å². The van der Waals surface area contributed by atoms with Crippen molar-refractivity contribution >= 4 is 23.2 Å². The molecule has 6 heteroatoms. The van der Waals surface area contributed by atoms with Gasteiger partial charge in [0, 0.05) is 11.8 Å². The number of carbonyl (C=O) groups excluding carboxylic acids is 2. The Labute approximate surface area is 153 Å². The standard InChI is InChI=1S/C20H24N2O4/c1-12(2)15-8-6-7-13(3)18(15)22-20(24)19(23)21-16-10-9-14(25-4)11-17(16)26-5/h6-12H,1-5H3,(H,21,23)(H,22,24). The van der Waals surface area contributed by atoms with Gasteiger partial charge in [0.1, 0.15) is 11.5 Å². The fraction of sp³-hybridized carbons (Fsp3) is 0.300. The number of aryl methyl sites for hydroxylation is 1. The molecule has 0 spiro atoms. The summed E-state index contributed by atoms with van der Waals surface area (Å²) in [7, 11) is 3.02. The van der Waals surface area contributed by atoms with Gasteiger partial charge in [-0.15, -0.1) is 0 Å². The molecule has 0 heterocycles. The summed E-state index contributed by atoms with van der Waals surface area (Å²) in [6, 6.07) is 10.7. The highest BCUT2D eigenvalue weighted by Crippen LogP contribution is 2.30. The molecule has 0 fully saturated rings. The van der Waals surface area contributed by atoms with Crippen LogP contribution in [-0.4, -0.2) is 26.0 Å². The zero-order chi connectivity index (χ0) is 19.3. The van der Waals surface area contributed by atoms with Gasteiger partial charge in [-0.1, -0.05) is 32.0 Å². The Bertz CT molecular complexity index is 815. The van der Waals surface area contributed by atoms with Crippen molar-refractivity contribution in [1.82, 2.24) is 0 Å². The van der Waals surface area contributed by atoms with Gasteiger partial charge in [-0.25, -0.2) is 0 Å². The Morgan fingerprint density at radius 3 is 2.27 bits per heavy atom. The largest absolute Gasteiger partial charge is 0.497 e. The van der Waals surface area contributed by atoms with Crippen LogP contribution in [0.3, 0.4) is 0 Å². The van der Waals surface area contributed by atoms with Gasteiger partial charge in [-0.3, -0.25) is 9.59 Å². The van der Waals surface area contributed by atoms with Gasteiger partial charge < -0.3 is 20.1 Å². The Morgan fingerprint density at radius 1 is 0.962 bits per heavy atom. The minimum Gasteiger partial charge on any atom is -0.497 e. The number of anilines is 2. The van der Waals surface area contributed by atoms with Crippen molar-refractivity contribution in [3.05, 3.63) is 47.5 Å². The maximum absolute atomic E-state index is 12.4. The smallest absolute Gasteiger partial charge is 0.314 e. The van der Waals surface area contributed by atoms with Crippen LogP contribution in [0.25, 0.3) is 0 Å². The van der Waals surface area contributed by atoms with Crippen LogP contribution >= 0.6 is 0 Å². The topological polar surface area (TPSA) is 76.7 Å². The first-order valence-corrected chi connectivity index (χ1v) is 8.31. The molecule has 2 aromatic carbocycles. The van der Waals surface area contributed by atoms with Crippen molar-refractivity contribution in [3.63, 3.8) is 0 Å². The summed E-state index contributed by atoms with van der Waals surface area (Å²) in [5.41, 5.74) is 2.94. The molecule has 0 aliphatic heterocycles. The van der Waals surface area contributed by atoms with Gasteiger partial charge in [0.15, 0.2) is 0 Å². The average molecular weight is 356 g/mol. The summed E-state index contributed by atoms with van der Waals surface area (Å²) in [5, 5.41) is 5.29. The summed E-state index contributed by atoms with van der Waals surface area (Å²) in [6.07, 6.45) is 0. The van der Waals surface area contributed by atoms with Crippen molar-refractivity contribution in [2.45, 2.75) is 26.7 Å². The number of carbonyl (C=O) groups is 2. The first-order chi connectivity index (χ1) is 12.4. The highest BCUT2D eigenvalue weighted by Gasteiger charge is 2.19. The van der Waals surface area contributed by atoms with Crippen molar-refractivity contribution in [2.75, 3.05) is 24.9 Å². The van der Waals surface area contributed by atoms with E-state index < -0.39 is 11.8 Å². The minimum atomic E-state index is -0.772. The highest BCUT2D eigenvalue weighted by atomic mass is 16.5. The number of benzene rings is 2. The first kappa shape index (κ1) is 19.3. The molecule has 2 aromatic rings. The second kappa shape index (κ2) is 8.38. The summed E-state index contributed by atoms with van der Waals surface area (Å²) in [6.45, 7) is 5.96. The van der Waals surface area contributed by atoms with Gasteiger partial charge in [-0.05, 0) is 36.1 Å². The number of hydrogen-bond donors (Lipinski definition) is 2. The fourth-order valence-electron chi connectivity index (χ4n) is 2.59. The molecule has 0 saturated carbocycles. The van der Waals surface area contributed by atoms with Crippen molar-refractivity contribution in [1.29, 1.82) is 0 Å². The van der Waals surface area contributed by atoms with Gasteiger partial charge in [-0.2, -0.15) is 0 Å². The third-order valence-electron chi connectivity index (χ3n) is 4.03. The predicted molar refractivity (Wildman–Crippen MR) is 102 cm³/mol. The maximum atomic E-state index is 12.4. The second-order valence-electron chi connectivity index (χ2n) is 6.17. The van der Waals surface area contributed by atoms with Crippen LogP contribution < -0.4 is 20.1 Å². The van der Waals surface area contributed by atoms with E-state index in [0.29, 0.717) is 22.9 Å². The molecule has 2 rings (SSSR count). The molecule has 138 valence electrons. The zero-order valence-electron chi connectivity index (χ0n) is 15.7. The first-order valence-electron chi connectivity index (χ1n) is 8.31. The SMILES string of the molecule is COc1ccc(NC(=O)C(=O)Nc2c(C)cccc2C(C)C)c(OC)c1. The Kier molecular flexibility index (Phi) is 6.22. The quantitative estimate of drug-likeness (QED) is 0.801. The van der Waals surface area contributed by atoms with Crippen molar-refractivity contribution < 1.29 is 19.1 Å². The van der Waals surface area contributed by atoms with Crippen LogP contribution in [0.15, 0.2) is 36.4 Å². The number of hydrogen-bond acceptors (Lipinski definition) is 4. The molecule has 26 heavy (non-hydrogen) atoms. The van der Waals surface area contributed by atoms with Crippen LogP contribution in [0.2, 0.25) is 0 Å². The Balaban J connectivity index is 2.18.